The predicted molar refractivity (Wildman–Crippen MR) is 114 cm³/mol. The number of carbonyl (C=O) groups is 2. The number of Topliss-reactive ketones (excluding diaryl/α,β-unsaturated/α-hetero) is 1. The summed E-state index contributed by atoms with van der Waals surface area (Å²) < 4.78 is 16.3. The fourth-order valence-electron chi connectivity index (χ4n) is 3.63. The number of aliphatic hydroxyl groups is 1. The number of carbonyl (C=O) groups excluding carboxylic acids is 2. The highest BCUT2D eigenvalue weighted by atomic mass is 16.5. The number of ether oxygens (including phenoxy) is 2. The largest absolute Gasteiger partial charge is 0.507 e. The second-order valence-corrected chi connectivity index (χ2v) is 6.85. The standard InChI is InChI=1S/C24H21NO6/c1-3-30-18-10-4-7-15(13-18)22(26)20-21(19-11-6-12-31-19)25(24(28)23(20)27)16-8-5-9-17(14-16)29-2/h4-14,21,26H,3H2,1-2H3/b22-20-. The molecule has 31 heavy (non-hydrogen) atoms. The summed E-state index contributed by atoms with van der Waals surface area (Å²) in [6.45, 7) is 2.31. The molecule has 1 aliphatic heterocycles. The number of methoxy groups -OCH3 is 1. The van der Waals surface area contributed by atoms with Crippen LogP contribution in [0.15, 0.2) is 76.9 Å². The van der Waals surface area contributed by atoms with Crippen LogP contribution in [-0.2, 0) is 9.59 Å². The lowest BCUT2D eigenvalue weighted by Crippen LogP contribution is -2.29. The second kappa shape index (κ2) is 8.39. The lowest BCUT2D eigenvalue weighted by Gasteiger charge is -2.23. The number of aliphatic hydroxyl groups excluding tert-OH is 1. The topological polar surface area (TPSA) is 89.2 Å². The van der Waals surface area contributed by atoms with Gasteiger partial charge in [-0.15, -0.1) is 0 Å². The van der Waals surface area contributed by atoms with Gasteiger partial charge < -0.3 is 19.0 Å². The van der Waals surface area contributed by atoms with E-state index in [4.69, 9.17) is 13.9 Å². The number of amides is 1. The number of nitrogens with zero attached hydrogens (tertiary/aromatic N) is 1. The van der Waals surface area contributed by atoms with Crippen molar-refractivity contribution >= 4 is 23.1 Å². The zero-order chi connectivity index (χ0) is 22.0. The zero-order valence-electron chi connectivity index (χ0n) is 17.1. The van der Waals surface area contributed by atoms with Gasteiger partial charge in [-0.2, -0.15) is 0 Å². The minimum absolute atomic E-state index is 0.0589. The van der Waals surface area contributed by atoms with Gasteiger partial charge in [0.2, 0.25) is 0 Å². The van der Waals surface area contributed by atoms with Crippen molar-refractivity contribution in [3.05, 3.63) is 83.8 Å². The molecule has 2 heterocycles. The fraction of sp³-hybridized carbons (Fsp3) is 0.167. The SMILES string of the molecule is CCOc1cccc(/C(O)=C2/C(=O)C(=O)N(c3cccc(OC)c3)C2c2ccco2)c1. The van der Waals surface area contributed by atoms with Crippen LogP contribution in [0.25, 0.3) is 5.76 Å². The predicted octanol–water partition coefficient (Wildman–Crippen LogP) is 4.31. The molecule has 1 N–H and O–H groups in total. The van der Waals surface area contributed by atoms with Gasteiger partial charge >= 0.3 is 0 Å². The van der Waals surface area contributed by atoms with Crippen molar-refractivity contribution in [3.8, 4) is 11.5 Å². The van der Waals surface area contributed by atoms with E-state index in [9.17, 15) is 14.7 Å². The summed E-state index contributed by atoms with van der Waals surface area (Å²) in [5, 5.41) is 11.1. The van der Waals surface area contributed by atoms with E-state index in [-0.39, 0.29) is 11.3 Å². The van der Waals surface area contributed by atoms with E-state index in [0.717, 1.165) is 0 Å². The van der Waals surface area contributed by atoms with Crippen LogP contribution in [0.1, 0.15) is 24.3 Å². The average molecular weight is 419 g/mol. The van der Waals surface area contributed by atoms with Gasteiger partial charge in [-0.3, -0.25) is 14.5 Å². The van der Waals surface area contributed by atoms with Gasteiger partial charge in [-0.1, -0.05) is 18.2 Å². The van der Waals surface area contributed by atoms with E-state index in [0.29, 0.717) is 35.1 Å². The third kappa shape index (κ3) is 3.66. The Balaban J connectivity index is 1.89. The van der Waals surface area contributed by atoms with Crippen molar-refractivity contribution in [2.75, 3.05) is 18.6 Å². The molecule has 3 aromatic rings. The normalized spacial score (nSPS) is 17.7. The number of rotatable bonds is 6. The molecule has 0 saturated carbocycles. The Morgan fingerprint density at radius 3 is 2.55 bits per heavy atom. The summed E-state index contributed by atoms with van der Waals surface area (Å²) in [7, 11) is 1.52. The summed E-state index contributed by atoms with van der Waals surface area (Å²) in [4.78, 5) is 27.4. The van der Waals surface area contributed by atoms with Crippen LogP contribution in [0.4, 0.5) is 5.69 Å². The Hall–Kier alpha value is -4.00. The molecule has 7 heteroatoms. The summed E-state index contributed by atoms with van der Waals surface area (Å²) in [6.07, 6.45) is 1.46. The van der Waals surface area contributed by atoms with E-state index in [1.807, 2.05) is 6.92 Å². The smallest absolute Gasteiger partial charge is 0.300 e. The number of benzene rings is 2. The molecule has 1 fully saturated rings. The summed E-state index contributed by atoms with van der Waals surface area (Å²) in [5.74, 6) is -0.443. The number of hydrogen-bond acceptors (Lipinski definition) is 6. The van der Waals surface area contributed by atoms with Crippen molar-refractivity contribution in [3.63, 3.8) is 0 Å². The van der Waals surface area contributed by atoms with Gasteiger partial charge in [0.15, 0.2) is 0 Å². The summed E-state index contributed by atoms with van der Waals surface area (Å²) >= 11 is 0. The molecule has 0 bridgehead atoms. The van der Waals surface area contributed by atoms with Gasteiger partial charge in [-0.25, -0.2) is 0 Å². The Bertz CT molecular complexity index is 1150. The molecule has 1 atom stereocenters. The van der Waals surface area contributed by atoms with Crippen LogP contribution in [-0.4, -0.2) is 30.5 Å². The van der Waals surface area contributed by atoms with E-state index >= 15 is 0 Å². The highest BCUT2D eigenvalue weighted by Crippen LogP contribution is 2.43. The van der Waals surface area contributed by atoms with E-state index < -0.39 is 17.7 Å². The monoisotopic (exact) mass is 419 g/mol. The zero-order valence-corrected chi connectivity index (χ0v) is 17.1. The van der Waals surface area contributed by atoms with Crippen LogP contribution in [0.5, 0.6) is 11.5 Å². The molecule has 7 nitrogen and oxygen atoms in total. The van der Waals surface area contributed by atoms with Crippen LogP contribution in [0.3, 0.4) is 0 Å². The molecule has 2 aromatic carbocycles. The highest BCUT2D eigenvalue weighted by molar-refractivity contribution is 6.51. The molecule has 4 rings (SSSR count). The van der Waals surface area contributed by atoms with Crippen LogP contribution in [0.2, 0.25) is 0 Å². The van der Waals surface area contributed by atoms with Crippen molar-refractivity contribution < 1.29 is 28.6 Å². The Morgan fingerprint density at radius 2 is 1.84 bits per heavy atom. The number of ketones is 1. The third-order valence-electron chi connectivity index (χ3n) is 5.01. The van der Waals surface area contributed by atoms with Gasteiger partial charge in [0, 0.05) is 17.3 Å². The molecule has 0 radical (unpaired) electrons. The first kappa shape index (κ1) is 20.3. The maximum atomic E-state index is 13.1. The molecule has 1 amide bonds. The number of hydrogen-bond donors (Lipinski definition) is 1. The first-order valence-corrected chi connectivity index (χ1v) is 9.76. The molecule has 1 aliphatic rings. The number of furan rings is 1. The van der Waals surface area contributed by atoms with E-state index in [1.165, 1.54) is 18.3 Å². The molecule has 0 aliphatic carbocycles. The van der Waals surface area contributed by atoms with Crippen LogP contribution in [0, 0.1) is 0 Å². The quantitative estimate of drug-likeness (QED) is 0.364. The first-order chi connectivity index (χ1) is 15.0. The molecule has 158 valence electrons. The van der Waals surface area contributed by atoms with Gasteiger partial charge in [0.05, 0.1) is 25.6 Å². The van der Waals surface area contributed by atoms with Crippen LogP contribution >= 0.6 is 0 Å². The van der Waals surface area contributed by atoms with Gasteiger partial charge in [0.25, 0.3) is 11.7 Å². The second-order valence-electron chi connectivity index (χ2n) is 6.85. The summed E-state index contributed by atoms with van der Waals surface area (Å²) in [5.41, 5.74) is 0.757. The Labute approximate surface area is 179 Å². The maximum Gasteiger partial charge on any atom is 0.300 e. The Morgan fingerprint density at radius 1 is 1.06 bits per heavy atom. The highest BCUT2D eigenvalue weighted by Gasteiger charge is 2.48. The van der Waals surface area contributed by atoms with Crippen molar-refractivity contribution in [1.29, 1.82) is 0 Å². The first-order valence-electron chi connectivity index (χ1n) is 9.76. The van der Waals surface area contributed by atoms with Crippen molar-refractivity contribution in [1.82, 2.24) is 0 Å². The Kier molecular flexibility index (Phi) is 5.49. The van der Waals surface area contributed by atoms with E-state index in [2.05, 4.69) is 0 Å². The van der Waals surface area contributed by atoms with Crippen LogP contribution < -0.4 is 14.4 Å². The number of anilines is 1. The molecule has 1 aromatic heterocycles. The molecular formula is C24H21NO6. The minimum atomic E-state index is -0.933. The molecule has 1 unspecified atom stereocenters. The van der Waals surface area contributed by atoms with Gasteiger partial charge in [0.1, 0.15) is 29.1 Å². The van der Waals surface area contributed by atoms with Gasteiger partial charge in [-0.05, 0) is 43.3 Å². The van der Waals surface area contributed by atoms with E-state index in [1.54, 1.807) is 60.7 Å². The van der Waals surface area contributed by atoms with Crippen molar-refractivity contribution in [2.24, 2.45) is 0 Å². The fourth-order valence-corrected chi connectivity index (χ4v) is 3.63. The lowest BCUT2D eigenvalue weighted by atomic mass is 9.99. The lowest BCUT2D eigenvalue weighted by molar-refractivity contribution is -0.132. The molecule has 1 saturated heterocycles. The summed E-state index contributed by atoms with van der Waals surface area (Å²) in [6, 6.07) is 15.9. The minimum Gasteiger partial charge on any atom is -0.507 e. The average Bonchev–Trinajstić information content (AvgIpc) is 3.41. The maximum absolute atomic E-state index is 13.1. The molecule has 0 spiro atoms. The molecular weight excluding hydrogens is 398 g/mol. The third-order valence-corrected chi connectivity index (χ3v) is 5.01. The van der Waals surface area contributed by atoms with Crippen molar-refractivity contribution in [2.45, 2.75) is 13.0 Å².